The number of hydrogen-bond acceptors (Lipinski definition) is 5. The van der Waals surface area contributed by atoms with Crippen molar-refractivity contribution in [2.45, 2.75) is 0 Å². The van der Waals surface area contributed by atoms with Crippen LogP contribution < -0.4 is 34.7 Å². The Morgan fingerprint density at radius 3 is 2.65 bits per heavy atom. The van der Waals surface area contributed by atoms with E-state index in [9.17, 15) is 9.90 Å². The summed E-state index contributed by atoms with van der Waals surface area (Å²) in [6.45, 7) is 0. The molecule has 0 saturated carbocycles. The van der Waals surface area contributed by atoms with Crippen LogP contribution in [0.5, 0.6) is 0 Å². The van der Waals surface area contributed by atoms with Crippen molar-refractivity contribution in [3.8, 4) is 10.6 Å². The van der Waals surface area contributed by atoms with E-state index in [1.54, 1.807) is 18.2 Å². The zero-order valence-electron chi connectivity index (χ0n) is 8.61. The standard InChI is InChI=1S/C9H4BrClN2O2S.Na/c10-6-3-4(11)1-2-5(6)7-12-13-8(16-7)9(14)15;/h1-3H,(H,14,15);/q;+1/p-1. The first-order valence-corrected chi connectivity index (χ1v) is 6.07. The molecule has 2 aromatic rings. The molecule has 0 aliphatic rings. The second-order valence-corrected chi connectivity index (χ2v) is 5.09. The summed E-state index contributed by atoms with van der Waals surface area (Å²) in [7, 11) is 0. The second-order valence-electron chi connectivity index (χ2n) is 2.82. The molecule has 0 bridgehead atoms. The molecule has 0 saturated heterocycles. The van der Waals surface area contributed by atoms with E-state index in [2.05, 4.69) is 26.1 Å². The maximum atomic E-state index is 10.5. The molecule has 17 heavy (non-hydrogen) atoms. The number of rotatable bonds is 2. The van der Waals surface area contributed by atoms with E-state index in [4.69, 9.17) is 11.6 Å². The van der Waals surface area contributed by atoms with Crippen molar-refractivity contribution >= 4 is 44.8 Å². The summed E-state index contributed by atoms with van der Waals surface area (Å²) >= 11 is 10.1. The van der Waals surface area contributed by atoms with E-state index in [1.807, 2.05) is 0 Å². The fraction of sp³-hybridized carbons (Fsp3) is 0. The first-order chi connectivity index (χ1) is 7.58. The summed E-state index contributed by atoms with van der Waals surface area (Å²) in [5.74, 6) is -1.33. The Morgan fingerprint density at radius 1 is 1.41 bits per heavy atom. The van der Waals surface area contributed by atoms with Crippen LogP contribution in [-0.4, -0.2) is 16.2 Å². The van der Waals surface area contributed by atoms with E-state index < -0.39 is 5.97 Å². The van der Waals surface area contributed by atoms with Gasteiger partial charge in [0.25, 0.3) is 0 Å². The number of carboxylic acids is 1. The van der Waals surface area contributed by atoms with E-state index >= 15 is 0 Å². The number of carboxylic acid groups (broad SMARTS) is 1. The normalized spacial score (nSPS) is 9.76. The maximum Gasteiger partial charge on any atom is 1.00 e. The van der Waals surface area contributed by atoms with E-state index in [-0.39, 0.29) is 34.6 Å². The summed E-state index contributed by atoms with van der Waals surface area (Å²) in [4.78, 5) is 10.5. The van der Waals surface area contributed by atoms with Crippen LogP contribution >= 0.6 is 38.9 Å². The maximum absolute atomic E-state index is 10.5. The van der Waals surface area contributed by atoms with Crippen LogP contribution in [0.3, 0.4) is 0 Å². The molecule has 4 nitrogen and oxygen atoms in total. The van der Waals surface area contributed by atoms with Crippen LogP contribution in [0.2, 0.25) is 5.02 Å². The van der Waals surface area contributed by atoms with Crippen molar-refractivity contribution in [2.75, 3.05) is 0 Å². The Labute approximate surface area is 136 Å². The Bertz CT molecular complexity index is 564. The number of nitrogens with zero attached hydrogens (tertiary/aromatic N) is 2. The van der Waals surface area contributed by atoms with Crippen LogP contribution in [0.25, 0.3) is 10.6 Å². The van der Waals surface area contributed by atoms with Crippen LogP contribution in [0.1, 0.15) is 9.80 Å². The minimum atomic E-state index is -1.33. The number of benzene rings is 1. The Kier molecular flexibility index (Phi) is 5.56. The monoisotopic (exact) mass is 340 g/mol. The predicted molar refractivity (Wildman–Crippen MR) is 62.4 cm³/mol. The summed E-state index contributed by atoms with van der Waals surface area (Å²) in [5, 5.41) is 18.8. The van der Waals surface area contributed by atoms with Crippen molar-refractivity contribution in [1.82, 2.24) is 10.2 Å². The molecule has 82 valence electrons. The van der Waals surface area contributed by atoms with Gasteiger partial charge < -0.3 is 9.90 Å². The van der Waals surface area contributed by atoms with Gasteiger partial charge in [-0.2, -0.15) is 0 Å². The van der Waals surface area contributed by atoms with Gasteiger partial charge in [-0.25, -0.2) is 0 Å². The van der Waals surface area contributed by atoms with Crippen molar-refractivity contribution in [3.63, 3.8) is 0 Å². The van der Waals surface area contributed by atoms with Gasteiger partial charge in [0.15, 0.2) is 5.01 Å². The van der Waals surface area contributed by atoms with Gasteiger partial charge >= 0.3 is 29.6 Å². The molecule has 2 rings (SSSR count). The molecule has 0 aliphatic heterocycles. The molecule has 0 radical (unpaired) electrons. The minimum absolute atomic E-state index is 0. The summed E-state index contributed by atoms with van der Waals surface area (Å²) in [6.07, 6.45) is 0. The zero-order chi connectivity index (χ0) is 11.7. The Morgan fingerprint density at radius 2 is 2.12 bits per heavy atom. The smallest absolute Gasteiger partial charge is 0.542 e. The molecule has 0 spiro atoms. The first-order valence-electron chi connectivity index (χ1n) is 4.08. The van der Waals surface area contributed by atoms with Gasteiger partial charge in [-0.3, -0.25) is 0 Å². The molecule has 0 unspecified atom stereocenters. The second kappa shape index (κ2) is 6.26. The van der Waals surface area contributed by atoms with Crippen molar-refractivity contribution in [1.29, 1.82) is 0 Å². The molecule has 0 atom stereocenters. The third-order valence-electron chi connectivity index (χ3n) is 1.76. The number of aromatic carboxylic acids is 1. The minimum Gasteiger partial charge on any atom is -0.542 e. The van der Waals surface area contributed by atoms with Gasteiger partial charge in [0.1, 0.15) is 11.0 Å². The molecule has 1 aromatic heterocycles. The molecule has 0 N–H and O–H groups in total. The first kappa shape index (κ1) is 15.1. The van der Waals surface area contributed by atoms with Gasteiger partial charge in [0, 0.05) is 15.1 Å². The predicted octanol–water partition coefficient (Wildman–Crippen LogP) is -1.01. The quantitative estimate of drug-likeness (QED) is 0.657. The van der Waals surface area contributed by atoms with E-state index in [0.29, 0.717) is 10.0 Å². The molecule has 0 aliphatic carbocycles. The number of aromatic nitrogens is 2. The van der Waals surface area contributed by atoms with Crippen LogP contribution in [0, 0.1) is 0 Å². The van der Waals surface area contributed by atoms with Crippen LogP contribution in [0.15, 0.2) is 22.7 Å². The Balaban J connectivity index is 0.00000144. The average Bonchev–Trinajstić information content (AvgIpc) is 2.66. The molecular formula is C9H3BrClN2NaO2S. The van der Waals surface area contributed by atoms with E-state index in [1.165, 1.54) is 0 Å². The van der Waals surface area contributed by atoms with Crippen molar-refractivity contribution in [3.05, 3.63) is 32.7 Å². The molecular weight excluding hydrogens is 339 g/mol. The van der Waals surface area contributed by atoms with Gasteiger partial charge in [-0.1, -0.05) is 38.9 Å². The van der Waals surface area contributed by atoms with Crippen molar-refractivity contribution in [2.24, 2.45) is 0 Å². The zero-order valence-corrected chi connectivity index (χ0v) is 13.8. The molecule has 1 heterocycles. The van der Waals surface area contributed by atoms with Gasteiger partial charge in [-0.05, 0) is 18.2 Å². The largest absolute Gasteiger partial charge is 1.00 e. The van der Waals surface area contributed by atoms with Crippen LogP contribution in [-0.2, 0) is 0 Å². The number of hydrogen-bond donors (Lipinski definition) is 0. The molecule has 8 heteroatoms. The van der Waals surface area contributed by atoms with Gasteiger partial charge in [-0.15, -0.1) is 10.2 Å². The summed E-state index contributed by atoms with van der Waals surface area (Å²) < 4.78 is 0.737. The van der Waals surface area contributed by atoms with Gasteiger partial charge in [0.05, 0.1) is 0 Å². The molecule has 0 fully saturated rings. The van der Waals surface area contributed by atoms with Gasteiger partial charge in [0.2, 0.25) is 0 Å². The third-order valence-corrected chi connectivity index (χ3v) is 3.59. The summed E-state index contributed by atoms with van der Waals surface area (Å²) in [5.41, 5.74) is 0.745. The third kappa shape index (κ3) is 3.49. The number of halogens is 2. The van der Waals surface area contributed by atoms with Crippen molar-refractivity contribution < 1.29 is 39.5 Å². The molecule has 1 aromatic carbocycles. The molecule has 0 amide bonds. The summed E-state index contributed by atoms with van der Waals surface area (Å²) in [6, 6.07) is 5.14. The van der Waals surface area contributed by atoms with E-state index in [0.717, 1.165) is 21.4 Å². The fourth-order valence-corrected chi connectivity index (χ4v) is 2.80. The number of carbonyl (C=O) groups excluding carboxylic acids is 1. The topological polar surface area (TPSA) is 65.9 Å². The Hall–Kier alpha value is 0.0200. The van der Waals surface area contributed by atoms with Crippen LogP contribution in [0.4, 0.5) is 0 Å². The average molecular weight is 342 g/mol. The SMILES string of the molecule is O=C([O-])c1nnc(-c2ccc(Cl)cc2Br)s1.[Na+]. The number of carbonyl (C=O) groups is 1. The fourth-order valence-electron chi connectivity index (χ4n) is 1.08.